The maximum atomic E-state index is 12.0. The molecule has 5 heteroatoms. The van der Waals surface area contributed by atoms with Crippen LogP contribution in [0.1, 0.15) is 11.4 Å². The molecule has 0 atom stereocenters. The molecule has 1 heterocycles. The van der Waals surface area contributed by atoms with E-state index in [4.69, 9.17) is 4.74 Å². The summed E-state index contributed by atoms with van der Waals surface area (Å²) in [5, 5.41) is 3.59. The van der Waals surface area contributed by atoms with E-state index in [0.717, 1.165) is 22.2 Å². The molecule has 1 amide bonds. The summed E-state index contributed by atoms with van der Waals surface area (Å²) in [6, 6.07) is 15.2. The molecule has 0 fully saturated rings. The number of benzene rings is 2. The van der Waals surface area contributed by atoms with Crippen molar-refractivity contribution in [3.05, 3.63) is 59.9 Å². The summed E-state index contributed by atoms with van der Waals surface area (Å²) in [7, 11) is 0. The molecule has 0 bridgehead atoms. The number of aromatic nitrogens is 2. The van der Waals surface area contributed by atoms with Crippen molar-refractivity contribution in [1.82, 2.24) is 9.97 Å². The summed E-state index contributed by atoms with van der Waals surface area (Å²) in [6.07, 6.45) is 0. The van der Waals surface area contributed by atoms with E-state index in [1.807, 2.05) is 55.5 Å². The molecule has 5 nitrogen and oxygen atoms in total. The number of hydrogen-bond donors (Lipinski definition) is 1. The molecule has 0 saturated heterocycles. The van der Waals surface area contributed by atoms with Gasteiger partial charge in [0.1, 0.15) is 5.82 Å². The van der Waals surface area contributed by atoms with E-state index in [9.17, 15) is 4.79 Å². The lowest BCUT2D eigenvalue weighted by Gasteiger charge is -2.09. The Hall–Kier alpha value is -2.95. The fourth-order valence-electron chi connectivity index (χ4n) is 2.24. The van der Waals surface area contributed by atoms with Gasteiger partial charge in [-0.1, -0.05) is 29.8 Å². The summed E-state index contributed by atoms with van der Waals surface area (Å²) in [5.74, 6) is 0.805. The summed E-state index contributed by atoms with van der Waals surface area (Å²) >= 11 is 0. The van der Waals surface area contributed by atoms with Gasteiger partial charge in [-0.2, -0.15) is 4.98 Å². The van der Waals surface area contributed by atoms with Gasteiger partial charge in [0.2, 0.25) is 5.88 Å². The minimum atomic E-state index is -0.228. The van der Waals surface area contributed by atoms with Gasteiger partial charge >= 0.3 is 0 Å². The van der Waals surface area contributed by atoms with Crippen molar-refractivity contribution >= 4 is 22.5 Å². The van der Waals surface area contributed by atoms with Crippen molar-refractivity contribution in [2.24, 2.45) is 0 Å². The third kappa shape index (κ3) is 3.63. The SMILES string of the molecule is Cc1ccc(NC(=O)COc2nc(C)nc3ccccc23)cc1. The number of nitrogens with one attached hydrogen (secondary N) is 1. The molecule has 0 aliphatic heterocycles. The van der Waals surface area contributed by atoms with Gasteiger partial charge in [0, 0.05) is 5.69 Å². The molecule has 0 aliphatic rings. The second-order valence-corrected chi connectivity index (χ2v) is 5.30. The average molecular weight is 307 g/mol. The van der Waals surface area contributed by atoms with Crippen LogP contribution in [0.4, 0.5) is 5.69 Å². The summed E-state index contributed by atoms with van der Waals surface area (Å²) in [6.45, 7) is 3.69. The lowest BCUT2D eigenvalue weighted by molar-refractivity contribution is -0.118. The molecule has 0 aliphatic carbocycles. The van der Waals surface area contributed by atoms with Gasteiger partial charge in [-0.25, -0.2) is 4.98 Å². The highest BCUT2D eigenvalue weighted by Gasteiger charge is 2.09. The van der Waals surface area contributed by atoms with Gasteiger partial charge in [-0.05, 0) is 38.1 Å². The van der Waals surface area contributed by atoms with Crippen LogP contribution in [0, 0.1) is 13.8 Å². The molecule has 1 N–H and O–H groups in total. The molecule has 23 heavy (non-hydrogen) atoms. The maximum absolute atomic E-state index is 12.0. The van der Waals surface area contributed by atoms with Crippen molar-refractivity contribution in [3.8, 4) is 5.88 Å². The molecule has 0 saturated carbocycles. The lowest BCUT2D eigenvalue weighted by Crippen LogP contribution is -2.20. The van der Waals surface area contributed by atoms with Gasteiger partial charge in [0.05, 0.1) is 10.9 Å². The number of ether oxygens (including phenoxy) is 1. The van der Waals surface area contributed by atoms with Gasteiger partial charge in [0.15, 0.2) is 6.61 Å². The first-order chi connectivity index (χ1) is 11.1. The van der Waals surface area contributed by atoms with Gasteiger partial charge in [-0.15, -0.1) is 0 Å². The van der Waals surface area contributed by atoms with Crippen molar-refractivity contribution in [2.45, 2.75) is 13.8 Å². The van der Waals surface area contributed by atoms with E-state index in [1.165, 1.54) is 0 Å². The van der Waals surface area contributed by atoms with Crippen molar-refractivity contribution in [3.63, 3.8) is 0 Å². The minimum Gasteiger partial charge on any atom is -0.467 e. The Morgan fingerprint density at radius 3 is 2.57 bits per heavy atom. The van der Waals surface area contributed by atoms with Crippen LogP contribution in [0.3, 0.4) is 0 Å². The number of amides is 1. The lowest BCUT2D eigenvalue weighted by atomic mass is 10.2. The van der Waals surface area contributed by atoms with Crippen LogP contribution in [0.15, 0.2) is 48.5 Å². The number of fused-ring (bicyclic) bond motifs is 1. The third-order valence-electron chi connectivity index (χ3n) is 3.36. The second kappa shape index (κ2) is 6.44. The van der Waals surface area contributed by atoms with Crippen LogP contribution in [0.2, 0.25) is 0 Å². The average Bonchev–Trinajstić information content (AvgIpc) is 2.54. The van der Waals surface area contributed by atoms with Crippen molar-refractivity contribution in [1.29, 1.82) is 0 Å². The Bertz CT molecular complexity index is 845. The van der Waals surface area contributed by atoms with E-state index < -0.39 is 0 Å². The first-order valence-electron chi connectivity index (χ1n) is 7.34. The number of hydrogen-bond acceptors (Lipinski definition) is 4. The fraction of sp³-hybridized carbons (Fsp3) is 0.167. The molecule has 0 radical (unpaired) electrons. The predicted molar refractivity (Wildman–Crippen MR) is 89.6 cm³/mol. The summed E-state index contributed by atoms with van der Waals surface area (Å²) in [5.41, 5.74) is 2.68. The Morgan fingerprint density at radius 1 is 1.04 bits per heavy atom. The second-order valence-electron chi connectivity index (χ2n) is 5.30. The first-order valence-corrected chi connectivity index (χ1v) is 7.34. The predicted octanol–water partition coefficient (Wildman–Crippen LogP) is 3.26. The van der Waals surface area contributed by atoms with E-state index in [-0.39, 0.29) is 12.5 Å². The topological polar surface area (TPSA) is 64.1 Å². The standard InChI is InChI=1S/C18H17N3O2/c1-12-7-9-14(10-8-12)21-17(22)11-23-18-15-5-3-4-6-16(15)19-13(2)20-18/h3-10H,11H2,1-2H3,(H,21,22). The van der Waals surface area contributed by atoms with Crippen LogP contribution in [0.5, 0.6) is 5.88 Å². The largest absolute Gasteiger partial charge is 0.467 e. The van der Waals surface area contributed by atoms with Gasteiger partial charge in [-0.3, -0.25) is 4.79 Å². The van der Waals surface area contributed by atoms with Crippen molar-refractivity contribution < 1.29 is 9.53 Å². The number of para-hydroxylation sites is 1. The number of rotatable bonds is 4. The summed E-state index contributed by atoms with van der Waals surface area (Å²) < 4.78 is 5.59. The Labute approximate surface area is 134 Å². The van der Waals surface area contributed by atoms with Crippen LogP contribution < -0.4 is 10.1 Å². The number of carbonyl (C=O) groups is 1. The molecule has 3 rings (SSSR count). The highest BCUT2D eigenvalue weighted by atomic mass is 16.5. The monoisotopic (exact) mass is 307 g/mol. The Morgan fingerprint density at radius 2 is 1.78 bits per heavy atom. The van der Waals surface area contributed by atoms with Crippen LogP contribution in [-0.2, 0) is 4.79 Å². The molecule has 116 valence electrons. The minimum absolute atomic E-state index is 0.103. The summed E-state index contributed by atoms with van der Waals surface area (Å²) in [4.78, 5) is 20.6. The Kier molecular flexibility index (Phi) is 4.19. The highest BCUT2D eigenvalue weighted by molar-refractivity contribution is 5.92. The van der Waals surface area contributed by atoms with E-state index >= 15 is 0 Å². The number of anilines is 1. The zero-order chi connectivity index (χ0) is 16.2. The number of aryl methyl sites for hydroxylation is 2. The normalized spacial score (nSPS) is 10.5. The zero-order valence-corrected chi connectivity index (χ0v) is 13.0. The number of nitrogens with zero attached hydrogens (tertiary/aromatic N) is 2. The van der Waals surface area contributed by atoms with Crippen LogP contribution in [0.25, 0.3) is 10.9 Å². The van der Waals surface area contributed by atoms with Gasteiger partial charge < -0.3 is 10.1 Å². The zero-order valence-electron chi connectivity index (χ0n) is 13.0. The molecular formula is C18H17N3O2. The van der Waals surface area contributed by atoms with Crippen LogP contribution in [-0.4, -0.2) is 22.5 Å². The first kappa shape index (κ1) is 15.0. The van der Waals surface area contributed by atoms with E-state index in [2.05, 4.69) is 15.3 Å². The van der Waals surface area contributed by atoms with Crippen LogP contribution >= 0.6 is 0 Å². The smallest absolute Gasteiger partial charge is 0.262 e. The maximum Gasteiger partial charge on any atom is 0.262 e. The Balaban J connectivity index is 1.70. The molecule has 0 unspecified atom stereocenters. The molecule has 1 aromatic heterocycles. The van der Waals surface area contributed by atoms with Crippen molar-refractivity contribution in [2.75, 3.05) is 11.9 Å². The van der Waals surface area contributed by atoms with Gasteiger partial charge in [0.25, 0.3) is 5.91 Å². The van der Waals surface area contributed by atoms with E-state index in [1.54, 1.807) is 6.92 Å². The highest BCUT2D eigenvalue weighted by Crippen LogP contribution is 2.21. The van der Waals surface area contributed by atoms with E-state index in [0.29, 0.717) is 11.7 Å². The molecule has 2 aromatic carbocycles. The molecule has 0 spiro atoms. The quantitative estimate of drug-likeness (QED) is 0.803. The molecular weight excluding hydrogens is 290 g/mol. The third-order valence-corrected chi connectivity index (χ3v) is 3.36. The number of carbonyl (C=O) groups excluding carboxylic acids is 1. The molecule has 3 aromatic rings. The fourth-order valence-corrected chi connectivity index (χ4v) is 2.24.